The summed E-state index contributed by atoms with van der Waals surface area (Å²) in [6, 6.07) is 8.56. The second kappa shape index (κ2) is 6.91. The van der Waals surface area contributed by atoms with E-state index in [9.17, 15) is 0 Å². The Morgan fingerprint density at radius 1 is 1.33 bits per heavy atom. The van der Waals surface area contributed by atoms with Gasteiger partial charge in [-0.05, 0) is 49.8 Å². The molecule has 1 fully saturated rings. The van der Waals surface area contributed by atoms with Crippen molar-refractivity contribution in [1.82, 2.24) is 5.32 Å². The van der Waals surface area contributed by atoms with E-state index < -0.39 is 0 Å². The van der Waals surface area contributed by atoms with Gasteiger partial charge in [-0.25, -0.2) is 0 Å². The molecule has 1 saturated carbocycles. The zero-order valence-electron chi connectivity index (χ0n) is 11.6. The maximum absolute atomic E-state index is 6.12. The molecule has 2 heteroatoms. The monoisotopic (exact) mass is 247 g/mol. The lowest BCUT2D eigenvalue weighted by Crippen LogP contribution is -2.25. The normalized spacial score (nSPS) is 16.8. The van der Waals surface area contributed by atoms with Crippen LogP contribution in [0, 0.1) is 12.8 Å². The van der Waals surface area contributed by atoms with Gasteiger partial charge in [0.1, 0.15) is 0 Å². The molecule has 1 aromatic rings. The molecule has 100 valence electrons. The first-order chi connectivity index (χ1) is 8.81. The standard InChI is InChI=1S/C16H25NO/c1-3-10-17-11-16(18-12-14-8-9-14)15-7-5-4-6-13(15)2/h4-7,14,16-17H,3,8-12H2,1-2H3. The van der Waals surface area contributed by atoms with Gasteiger partial charge in [0.15, 0.2) is 0 Å². The maximum Gasteiger partial charge on any atom is 0.0951 e. The number of hydrogen-bond acceptors (Lipinski definition) is 2. The van der Waals surface area contributed by atoms with Crippen molar-refractivity contribution >= 4 is 0 Å². The van der Waals surface area contributed by atoms with Crippen LogP contribution >= 0.6 is 0 Å². The molecule has 1 aliphatic rings. The lowest BCUT2D eigenvalue weighted by molar-refractivity contribution is 0.0450. The van der Waals surface area contributed by atoms with Crippen molar-refractivity contribution in [3.05, 3.63) is 35.4 Å². The minimum Gasteiger partial charge on any atom is -0.372 e. The summed E-state index contributed by atoms with van der Waals surface area (Å²) in [6.45, 7) is 7.27. The smallest absolute Gasteiger partial charge is 0.0951 e. The third kappa shape index (κ3) is 4.11. The van der Waals surface area contributed by atoms with Crippen molar-refractivity contribution in [2.24, 2.45) is 5.92 Å². The predicted molar refractivity (Wildman–Crippen MR) is 75.8 cm³/mol. The van der Waals surface area contributed by atoms with Crippen LogP contribution in [0.15, 0.2) is 24.3 Å². The molecule has 1 unspecified atom stereocenters. The lowest BCUT2D eigenvalue weighted by Gasteiger charge is -2.20. The van der Waals surface area contributed by atoms with Crippen LogP contribution in [0.1, 0.15) is 43.4 Å². The Balaban J connectivity index is 1.95. The van der Waals surface area contributed by atoms with Gasteiger partial charge in [-0.15, -0.1) is 0 Å². The van der Waals surface area contributed by atoms with E-state index in [0.29, 0.717) is 0 Å². The Morgan fingerprint density at radius 3 is 2.78 bits per heavy atom. The first-order valence-corrected chi connectivity index (χ1v) is 7.19. The number of ether oxygens (including phenoxy) is 1. The molecule has 0 spiro atoms. The molecule has 0 saturated heterocycles. The molecule has 0 radical (unpaired) electrons. The largest absolute Gasteiger partial charge is 0.372 e. The maximum atomic E-state index is 6.12. The van der Waals surface area contributed by atoms with E-state index >= 15 is 0 Å². The van der Waals surface area contributed by atoms with E-state index in [1.54, 1.807) is 0 Å². The van der Waals surface area contributed by atoms with Crippen LogP contribution in [0.3, 0.4) is 0 Å². The topological polar surface area (TPSA) is 21.3 Å². The molecule has 0 aliphatic heterocycles. The second-order valence-electron chi connectivity index (χ2n) is 5.33. The van der Waals surface area contributed by atoms with E-state index in [1.165, 1.54) is 30.4 Å². The summed E-state index contributed by atoms with van der Waals surface area (Å²) < 4.78 is 6.12. The fourth-order valence-electron chi connectivity index (χ4n) is 2.15. The summed E-state index contributed by atoms with van der Waals surface area (Å²) in [5, 5.41) is 3.48. The molecule has 0 heterocycles. The van der Waals surface area contributed by atoms with Crippen molar-refractivity contribution in [3.63, 3.8) is 0 Å². The van der Waals surface area contributed by atoms with Gasteiger partial charge in [0.2, 0.25) is 0 Å². The number of benzene rings is 1. The fourth-order valence-corrected chi connectivity index (χ4v) is 2.15. The average molecular weight is 247 g/mol. The van der Waals surface area contributed by atoms with Crippen LogP contribution in [0.25, 0.3) is 0 Å². The zero-order valence-corrected chi connectivity index (χ0v) is 11.6. The Labute approximate surface area is 111 Å². The first kappa shape index (κ1) is 13.6. The van der Waals surface area contributed by atoms with E-state index in [-0.39, 0.29) is 6.10 Å². The Hall–Kier alpha value is -0.860. The molecule has 1 N–H and O–H groups in total. The molecule has 1 aliphatic carbocycles. The van der Waals surface area contributed by atoms with Gasteiger partial charge in [-0.3, -0.25) is 0 Å². The van der Waals surface area contributed by atoms with E-state index in [1.807, 2.05) is 0 Å². The summed E-state index contributed by atoms with van der Waals surface area (Å²) in [7, 11) is 0. The van der Waals surface area contributed by atoms with Crippen molar-refractivity contribution in [2.75, 3.05) is 19.7 Å². The van der Waals surface area contributed by atoms with Gasteiger partial charge in [-0.1, -0.05) is 31.2 Å². The predicted octanol–water partition coefficient (Wildman–Crippen LogP) is 3.46. The third-order valence-electron chi connectivity index (χ3n) is 3.52. The first-order valence-electron chi connectivity index (χ1n) is 7.19. The van der Waals surface area contributed by atoms with E-state index in [2.05, 4.69) is 43.4 Å². The van der Waals surface area contributed by atoms with Gasteiger partial charge in [0.25, 0.3) is 0 Å². The third-order valence-corrected chi connectivity index (χ3v) is 3.52. The SMILES string of the molecule is CCCNCC(OCC1CC1)c1ccccc1C. The van der Waals surface area contributed by atoms with Crippen LogP contribution in [0.4, 0.5) is 0 Å². The Morgan fingerprint density at radius 2 is 2.11 bits per heavy atom. The van der Waals surface area contributed by atoms with Crippen molar-refractivity contribution in [2.45, 2.75) is 39.2 Å². The van der Waals surface area contributed by atoms with Crippen LogP contribution in [-0.2, 0) is 4.74 Å². The molecular formula is C16H25NO. The molecule has 0 amide bonds. The molecule has 1 atom stereocenters. The van der Waals surface area contributed by atoms with Crippen molar-refractivity contribution in [3.8, 4) is 0 Å². The highest BCUT2D eigenvalue weighted by atomic mass is 16.5. The summed E-state index contributed by atoms with van der Waals surface area (Å²) in [4.78, 5) is 0. The van der Waals surface area contributed by atoms with E-state index in [0.717, 1.165) is 25.6 Å². The van der Waals surface area contributed by atoms with Crippen molar-refractivity contribution < 1.29 is 4.74 Å². The number of aryl methyl sites for hydroxylation is 1. The Bertz CT molecular complexity index is 360. The van der Waals surface area contributed by atoms with Gasteiger partial charge in [-0.2, -0.15) is 0 Å². The van der Waals surface area contributed by atoms with Crippen LogP contribution < -0.4 is 5.32 Å². The zero-order chi connectivity index (χ0) is 12.8. The number of rotatable bonds is 8. The average Bonchev–Trinajstić information content (AvgIpc) is 3.19. The molecular weight excluding hydrogens is 222 g/mol. The molecule has 0 aromatic heterocycles. The second-order valence-corrected chi connectivity index (χ2v) is 5.33. The molecule has 2 rings (SSSR count). The number of hydrogen-bond donors (Lipinski definition) is 1. The lowest BCUT2D eigenvalue weighted by atomic mass is 10.0. The summed E-state index contributed by atoms with van der Waals surface area (Å²) >= 11 is 0. The van der Waals surface area contributed by atoms with Crippen molar-refractivity contribution in [1.29, 1.82) is 0 Å². The van der Waals surface area contributed by atoms with Crippen LogP contribution in [0.2, 0.25) is 0 Å². The molecule has 1 aromatic carbocycles. The number of nitrogens with one attached hydrogen (secondary N) is 1. The van der Waals surface area contributed by atoms with Gasteiger partial charge >= 0.3 is 0 Å². The molecule has 18 heavy (non-hydrogen) atoms. The Kier molecular flexibility index (Phi) is 5.21. The fraction of sp³-hybridized carbons (Fsp3) is 0.625. The minimum atomic E-state index is 0.207. The minimum absolute atomic E-state index is 0.207. The highest BCUT2D eigenvalue weighted by Crippen LogP contribution is 2.31. The molecule has 2 nitrogen and oxygen atoms in total. The highest BCUT2D eigenvalue weighted by Gasteiger charge is 2.24. The summed E-state index contributed by atoms with van der Waals surface area (Å²) in [6.07, 6.45) is 4.08. The van der Waals surface area contributed by atoms with Gasteiger partial charge in [0, 0.05) is 6.54 Å². The van der Waals surface area contributed by atoms with E-state index in [4.69, 9.17) is 4.74 Å². The van der Waals surface area contributed by atoms with Gasteiger partial charge in [0.05, 0.1) is 12.7 Å². The summed E-state index contributed by atoms with van der Waals surface area (Å²) in [5.41, 5.74) is 2.67. The van der Waals surface area contributed by atoms with Gasteiger partial charge < -0.3 is 10.1 Å². The van der Waals surface area contributed by atoms with Crippen LogP contribution in [-0.4, -0.2) is 19.7 Å². The quantitative estimate of drug-likeness (QED) is 0.710. The highest BCUT2D eigenvalue weighted by molar-refractivity contribution is 5.28. The summed E-state index contributed by atoms with van der Waals surface area (Å²) in [5.74, 6) is 0.822. The molecule has 0 bridgehead atoms. The van der Waals surface area contributed by atoms with Crippen LogP contribution in [0.5, 0.6) is 0 Å².